The van der Waals surface area contributed by atoms with Gasteiger partial charge >= 0.3 is 0 Å². The van der Waals surface area contributed by atoms with E-state index in [1.54, 1.807) is 35.3 Å². The summed E-state index contributed by atoms with van der Waals surface area (Å²) in [5.74, 6) is 0.614. The summed E-state index contributed by atoms with van der Waals surface area (Å²) in [5.41, 5.74) is 2.27. The van der Waals surface area contributed by atoms with Gasteiger partial charge in [0, 0.05) is 30.8 Å². The monoisotopic (exact) mass is 351 g/mol. The number of aliphatic hydroxyl groups excluding tert-OH is 1. The van der Waals surface area contributed by atoms with Crippen LogP contribution >= 0.6 is 0 Å². The number of aryl methyl sites for hydroxylation is 1. The number of nitrogens with zero attached hydrogens (tertiary/aromatic N) is 4. The minimum Gasteiger partial charge on any atom is -0.393 e. The molecule has 1 aliphatic carbocycles. The van der Waals surface area contributed by atoms with Crippen molar-refractivity contribution < 1.29 is 9.90 Å². The Labute approximate surface area is 151 Å². The number of hydrogen-bond donors (Lipinski definition) is 2. The lowest BCUT2D eigenvalue weighted by Gasteiger charge is -2.38. The zero-order valence-electron chi connectivity index (χ0n) is 14.5. The van der Waals surface area contributed by atoms with Gasteiger partial charge in [0.1, 0.15) is 5.69 Å². The summed E-state index contributed by atoms with van der Waals surface area (Å²) in [6.07, 6.45) is 8.83. The van der Waals surface area contributed by atoms with E-state index in [0.29, 0.717) is 36.4 Å². The zero-order valence-corrected chi connectivity index (χ0v) is 14.5. The molecular weight excluding hydrogens is 330 g/mol. The molecule has 1 amide bonds. The molecule has 1 saturated carbocycles. The van der Waals surface area contributed by atoms with Gasteiger partial charge in [-0.05, 0) is 55.9 Å². The van der Waals surface area contributed by atoms with Gasteiger partial charge in [-0.1, -0.05) is 0 Å². The van der Waals surface area contributed by atoms with E-state index in [9.17, 15) is 9.90 Å². The first-order chi connectivity index (χ1) is 12.6. The van der Waals surface area contributed by atoms with Gasteiger partial charge in [-0.25, -0.2) is 9.97 Å². The first-order valence-corrected chi connectivity index (χ1v) is 8.79. The van der Waals surface area contributed by atoms with Crippen LogP contribution in [0.3, 0.4) is 0 Å². The Bertz CT molecular complexity index is 918. The fraction of sp³-hybridized carbons (Fsp3) is 0.368. The van der Waals surface area contributed by atoms with Crippen LogP contribution in [0.2, 0.25) is 0 Å². The number of rotatable bonds is 5. The molecule has 134 valence electrons. The number of amides is 1. The van der Waals surface area contributed by atoms with Crippen molar-refractivity contribution in [1.29, 1.82) is 0 Å². The van der Waals surface area contributed by atoms with E-state index >= 15 is 0 Å². The Morgan fingerprint density at radius 2 is 2.12 bits per heavy atom. The highest BCUT2D eigenvalue weighted by Gasteiger charge is 2.35. The van der Waals surface area contributed by atoms with Crippen molar-refractivity contribution >= 4 is 11.7 Å². The molecule has 0 aliphatic heterocycles. The quantitative estimate of drug-likeness (QED) is 0.727. The third-order valence-electron chi connectivity index (χ3n) is 5.03. The number of aliphatic hydroxyl groups is 1. The highest BCUT2D eigenvalue weighted by Crippen LogP contribution is 2.32. The van der Waals surface area contributed by atoms with Gasteiger partial charge in [-0.2, -0.15) is 0 Å². The number of nitrogens with one attached hydrogen (secondary N) is 1. The molecule has 0 aromatic carbocycles. The fourth-order valence-corrected chi connectivity index (χ4v) is 3.57. The van der Waals surface area contributed by atoms with Crippen LogP contribution < -0.4 is 5.32 Å². The molecule has 0 bridgehead atoms. The predicted molar refractivity (Wildman–Crippen MR) is 95.7 cm³/mol. The molecule has 7 nitrogen and oxygen atoms in total. The molecule has 3 aromatic heterocycles. The van der Waals surface area contributed by atoms with Gasteiger partial charge in [-0.15, -0.1) is 0 Å². The SMILES string of the molecule is Cc1nc2ncccn2c1C(=O)N[C@H](Cc1ccncc1)C1CC(O)C1. The van der Waals surface area contributed by atoms with Crippen molar-refractivity contribution in [2.45, 2.75) is 38.3 Å². The van der Waals surface area contributed by atoms with Crippen LogP contribution in [0.4, 0.5) is 0 Å². The highest BCUT2D eigenvalue weighted by atomic mass is 16.3. The first-order valence-electron chi connectivity index (χ1n) is 8.79. The Kier molecular flexibility index (Phi) is 4.38. The summed E-state index contributed by atoms with van der Waals surface area (Å²) >= 11 is 0. The highest BCUT2D eigenvalue weighted by molar-refractivity contribution is 5.94. The molecule has 4 rings (SSSR count). The Balaban J connectivity index is 1.58. The normalized spacial score (nSPS) is 20.5. The summed E-state index contributed by atoms with van der Waals surface area (Å²) in [4.78, 5) is 25.6. The maximum absolute atomic E-state index is 13.0. The number of aromatic nitrogens is 4. The molecule has 0 spiro atoms. The van der Waals surface area contributed by atoms with Gasteiger partial charge < -0.3 is 10.4 Å². The number of pyridine rings is 1. The topological polar surface area (TPSA) is 92.4 Å². The molecule has 0 saturated heterocycles. The van der Waals surface area contributed by atoms with Crippen LogP contribution in [0.15, 0.2) is 43.0 Å². The lowest BCUT2D eigenvalue weighted by molar-refractivity contribution is 0.0238. The van der Waals surface area contributed by atoms with Crippen molar-refractivity contribution in [3.63, 3.8) is 0 Å². The fourth-order valence-electron chi connectivity index (χ4n) is 3.57. The van der Waals surface area contributed by atoms with E-state index in [1.807, 2.05) is 19.1 Å². The molecular formula is C19H21N5O2. The van der Waals surface area contributed by atoms with E-state index in [2.05, 4.69) is 20.3 Å². The zero-order chi connectivity index (χ0) is 18.1. The standard InChI is InChI=1S/C19H21N5O2/c1-12-17(24-8-2-5-21-19(24)22-12)18(26)23-16(14-10-15(25)11-14)9-13-3-6-20-7-4-13/h2-8,14-16,25H,9-11H2,1H3,(H,23,26)/t14?,15?,16-/m1/s1. The number of fused-ring (bicyclic) bond motifs is 1. The van der Waals surface area contributed by atoms with Crippen molar-refractivity contribution in [2.75, 3.05) is 0 Å². The number of imidazole rings is 1. The number of hydrogen-bond acceptors (Lipinski definition) is 5. The maximum Gasteiger partial charge on any atom is 0.270 e. The lowest BCUT2D eigenvalue weighted by atomic mass is 9.75. The second kappa shape index (κ2) is 6.84. The van der Waals surface area contributed by atoms with Crippen molar-refractivity contribution in [2.24, 2.45) is 5.92 Å². The van der Waals surface area contributed by atoms with E-state index < -0.39 is 0 Å². The van der Waals surface area contributed by atoms with Gasteiger partial charge in [0.05, 0.1) is 11.8 Å². The molecule has 1 aliphatic rings. The smallest absolute Gasteiger partial charge is 0.270 e. The molecule has 3 heterocycles. The predicted octanol–water partition coefficient (Wildman–Crippen LogP) is 1.54. The molecule has 1 fully saturated rings. The van der Waals surface area contributed by atoms with E-state index in [-0.39, 0.29) is 24.0 Å². The van der Waals surface area contributed by atoms with E-state index in [4.69, 9.17) is 0 Å². The third-order valence-corrected chi connectivity index (χ3v) is 5.03. The van der Waals surface area contributed by atoms with E-state index in [1.165, 1.54) is 0 Å². The molecule has 2 N–H and O–H groups in total. The Morgan fingerprint density at radius 1 is 1.35 bits per heavy atom. The van der Waals surface area contributed by atoms with Gasteiger partial charge in [0.15, 0.2) is 0 Å². The number of carbonyl (C=O) groups is 1. The maximum atomic E-state index is 13.0. The van der Waals surface area contributed by atoms with Crippen molar-refractivity contribution in [3.05, 3.63) is 59.9 Å². The summed E-state index contributed by atoms with van der Waals surface area (Å²) in [6.45, 7) is 1.81. The Hall–Kier alpha value is -2.80. The summed E-state index contributed by atoms with van der Waals surface area (Å²) in [5, 5.41) is 12.9. The average Bonchev–Trinajstić information content (AvgIpc) is 2.95. The molecule has 1 atom stereocenters. The van der Waals surface area contributed by atoms with Crippen LogP contribution in [0.25, 0.3) is 5.78 Å². The second-order valence-electron chi connectivity index (χ2n) is 6.86. The van der Waals surface area contributed by atoms with E-state index in [0.717, 1.165) is 5.56 Å². The van der Waals surface area contributed by atoms with Crippen molar-refractivity contribution in [3.8, 4) is 0 Å². The second-order valence-corrected chi connectivity index (χ2v) is 6.86. The van der Waals surface area contributed by atoms with Gasteiger partial charge in [0.2, 0.25) is 5.78 Å². The molecule has 26 heavy (non-hydrogen) atoms. The van der Waals surface area contributed by atoms with Crippen LogP contribution in [0.5, 0.6) is 0 Å². The summed E-state index contributed by atoms with van der Waals surface area (Å²) in [6, 6.07) is 5.65. The number of carbonyl (C=O) groups excluding carboxylic acids is 1. The first kappa shape index (κ1) is 16.7. The average molecular weight is 351 g/mol. The molecule has 0 radical (unpaired) electrons. The van der Waals surface area contributed by atoms with Crippen LogP contribution in [-0.4, -0.2) is 42.5 Å². The summed E-state index contributed by atoms with van der Waals surface area (Å²) in [7, 11) is 0. The third kappa shape index (κ3) is 3.17. The minimum atomic E-state index is -0.265. The minimum absolute atomic E-state index is 0.0464. The van der Waals surface area contributed by atoms with Crippen LogP contribution in [0.1, 0.15) is 34.6 Å². The molecule has 7 heteroatoms. The lowest BCUT2D eigenvalue weighted by Crippen LogP contribution is -2.48. The Morgan fingerprint density at radius 3 is 2.85 bits per heavy atom. The largest absolute Gasteiger partial charge is 0.393 e. The van der Waals surface area contributed by atoms with Gasteiger partial charge in [-0.3, -0.25) is 14.2 Å². The van der Waals surface area contributed by atoms with Crippen LogP contribution in [-0.2, 0) is 6.42 Å². The van der Waals surface area contributed by atoms with Crippen LogP contribution in [0, 0.1) is 12.8 Å². The summed E-state index contributed by atoms with van der Waals surface area (Å²) < 4.78 is 1.71. The molecule has 3 aromatic rings. The van der Waals surface area contributed by atoms with Crippen molar-refractivity contribution in [1.82, 2.24) is 24.7 Å². The van der Waals surface area contributed by atoms with Gasteiger partial charge in [0.25, 0.3) is 5.91 Å². The molecule has 0 unspecified atom stereocenters.